The van der Waals surface area contributed by atoms with E-state index in [0.29, 0.717) is 19.5 Å². The van der Waals surface area contributed by atoms with Gasteiger partial charge in [-0.15, -0.1) is 0 Å². The highest BCUT2D eigenvalue weighted by Gasteiger charge is 2.37. The zero-order valence-corrected chi connectivity index (χ0v) is 11.3. The summed E-state index contributed by atoms with van der Waals surface area (Å²) in [7, 11) is 0. The van der Waals surface area contributed by atoms with Crippen LogP contribution < -0.4 is 11.1 Å². The first-order chi connectivity index (χ1) is 9.68. The van der Waals surface area contributed by atoms with Gasteiger partial charge in [-0.2, -0.15) is 0 Å². The number of hydrogen-bond acceptors (Lipinski definition) is 3. The van der Waals surface area contributed by atoms with Crippen LogP contribution in [0.2, 0.25) is 0 Å². The van der Waals surface area contributed by atoms with Crippen LogP contribution in [0.15, 0.2) is 24.3 Å². The quantitative estimate of drug-likeness (QED) is 0.816. The Bertz CT molecular complexity index is 544. The summed E-state index contributed by atoms with van der Waals surface area (Å²) in [4.78, 5) is 25.9. The Balaban J connectivity index is 1.87. The van der Waals surface area contributed by atoms with Crippen molar-refractivity contribution in [1.29, 1.82) is 0 Å². The summed E-state index contributed by atoms with van der Waals surface area (Å²) in [5, 5.41) is 3.28. The van der Waals surface area contributed by atoms with Crippen molar-refractivity contribution >= 4 is 11.8 Å². The fourth-order valence-corrected chi connectivity index (χ4v) is 3.24. The molecule has 3 rings (SSSR count). The van der Waals surface area contributed by atoms with Gasteiger partial charge >= 0.3 is 0 Å². The average Bonchev–Trinajstić information content (AvgIpc) is 2.95. The number of rotatable bonds is 2. The van der Waals surface area contributed by atoms with Crippen molar-refractivity contribution in [3.05, 3.63) is 35.4 Å². The minimum Gasteiger partial charge on any atom is -0.368 e. The van der Waals surface area contributed by atoms with Gasteiger partial charge in [-0.3, -0.25) is 9.59 Å². The SMILES string of the molecule is NC(=O)C1CCCN1C(=O)C1CNCc2ccccc21. The highest BCUT2D eigenvalue weighted by atomic mass is 16.2. The zero-order chi connectivity index (χ0) is 14.1. The van der Waals surface area contributed by atoms with E-state index in [-0.39, 0.29) is 11.8 Å². The Labute approximate surface area is 118 Å². The largest absolute Gasteiger partial charge is 0.368 e. The molecular formula is C15H19N3O2. The lowest BCUT2D eigenvalue weighted by molar-refractivity contribution is -0.138. The van der Waals surface area contributed by atoms with Gasteiger partial charge in [0.1, 0.15) is 6.04 Å². The molecule has 0 saturated carbocycles. The van der Waals surface area contributed by atoms with Crippen molar-refractivity contribution in [2.45, 2.75) is 31.3 Å². The molecule has 2 heterocycles. The fourth-order valence-electron chi connectivity index (χ4n) is 3.24. The molecule has 0 radical (unpaired) electrons. The summed E-state index contributed by atoms with van der Waals surface area (Å²) in [6.07, 6.45) is 1.53. The van der Waals surface area contributed by atoms with E-state index >= 15 is 0 Å². The topological polar surface area (TPSA) is 75.4 Å². The maximum atomic E-state index is 12.8. The van der Waals surface area contributed by atoms with Gasteiger partial charge in [0.15, 0.2) is 0 Å². The third-order valence-electron chi connectivity index (χ3n) is 4.26. The third kappa shape index (κ3) is 2.18. The van der Waals surface area contributed by atoms with Crippen LogP contribution in [0.4, 0.5) is 0 Å². The number of nitrogens with two attached hydrogens (primary N) is 1. The first-order valence-electron chi connectivity index (χ1n) is 7.07. The minimum absolute atomic E-state index is 0.0194. The first-order valence-corrected chi connectivity index (χ1v) is 7.07. The van der Waals surface area contributed by atoms with Crippen LogP contribution in [-0.4, -0.2) is 35.8 Å². The van der Waals surface area contributed by atoms with E-state index in [0.717, 1.165) is 24.1 Å². The second-order valence-electron chi connectivity index (χ2n) is 5.47. The van der Waals surface area contributed by atoms with Gasteiger partial charge in [0, 0.05) is 19.6 Å². The Morgan fingerprint density at radius 1 is 1.30 bits per heavy atom. The molecule has 1 aromatic carbocycles. The molecule has 20 heavy (non-hydrogen) atoms. The number of nitrogens with zero attached hydrogens (tertiary/aromatic N) is 1. The predicted molar refractivity (Wildman–Crippen MR) is 74.8 cm³/mol. The molecule has 1 aromatic rings. The van der Waals surface area contributed by atoms with Crippen molar-refractivity contribution in [1.82, 2.24) is 10.2 Å². The van der Waals surface area contributed by atoms with Crippen LogP contribution in [0.25, 0.3) is 0 Å². The molecule has 0 aromatic heterocycles. The Morgan fingerprint density at radius 2 is 2.10 bits per heavy atom. The summed E-state index contributed by atoms with van der Waals surface area (Å²) >= 11 is 0. The Hall–Kier alpha value is -1.88. The Kier molecular flexibility index (Phi) is 3.44. The summed E-state index contributed by atoms with van der Waals surface area (Å²) in [6.45, 7) is 2.04. The first kappa shape index (κ1) is 13.1. The van der Waals surface area contributed by atoms with Gasteiger partial charge in [-0.05, 0) is 24.0 Å². The number of amides is 2. The molecule has 1 fully saturated rings. The lowest BCUT2D eigenvalue weighted by Gasteiger charge is -2.31. The number of carbonyl (C=O) groups excluding carboxylic acids is 2. The van der Waals surface area contributed by atoms with E-state index in [9.17, 15) is 9.59 Å². The monoisotopic (exact) mass is 273 g/mol. The van der Waals surface area contributed by atoms with Crippen LogP contribution in [0.1, 0.15) is 29.9 Å². The van der Waals surface area contributed by atoms with E-state index in [4.69, 9.17) is 5.73 Å². The number of hydrogen-bond donors (Lipinski definition) is 2. The molecular weight excluding hydrogens is 254 g/mol. The molecule has 2 unspecified atom stereocenters. The van der Waals surface area contributed by atoms with Gasteiger partial charge in [0.05, 0.1) is 5.92 Å². The van der Waals surface area contributed by atoms with E-state index in [1.807, 2.05) is 24.3 Å². The van der Waals surface area contributed by atoms with Crippen LogP contribution in [-0.2, 0) is 16.1 Å². The van der Waals surface area contributed by atoms with E-state index in [2.05, 4.69) is 5.32 Å². The molecule has 0 aliphatic carbocycles. The van der Waals surface area contributed by atoms with Crippen molar-refractivity contribution in [2.75, 3.05) is 13.1 Å². The summed E-state index contributed by atoms with van der Waals surface area (Å²) in [6, 6.07) is 7.55. The molecule has 3 N–H and O–H groups in total. The average molecular weight is 273 g/mol. The van der Waals surface area contributed by atoms with Gasteiger partial charge in [-0.1, -0.05) is 24.3 Å². The molecule has 2 atom stereocenters. The smallest absolute Gasteiger partial charge is 0.240 e. The predicted octanol–water partition coefficient (Wildman–Crippen LogP) is 0.350. The number of nitrogens with one attached hydrogen (secondary N) is 1. The van der Waals surface area contributed by atoms with Crippen molar-refractivity contribution in [3.63, 3.8) is 0 Å². The highest BCUT2D eigenvalue weighted by molar-refractivity contribution is 5.91. The second kappa shape index (κ2) is 5.25. The number of fused-ring (bicyclic) bond motifs is 1. The summed E-state index contributed by atoms with van der Waals surface area (Å²) in [5.41, 5.74) is 7.64. The Morgan fingerprint density at radius 3 is 2.90 bits per heavy atom. The zero-order valence-electron chi connectivity index (χ0n) is 11.3. The maximum Gasteiger partial charge on any atom is 0.240 e. The molecule has 2 aliphatic rings. The molecule has 0 spiro atoms. The lowest BCUT2D eigenvalue weighted by atomic mass is 9.89. The van der Waals surface area contributed by atoms with Crippen molar-refractivity contribution in [3.8, 4) is 0 Å². The maximum absolute atomic E-state index is 12.8. The summed E-state index contributed by atoms with van der Waals surface area (Å²) in [5.74, 6) is -0.584. The standard InChI is InChI=1S/C15H19N3O2/c16-14(19)13-6-3-7-18(13)15(20)12-9-17-8-10-4-1-2-5-11(10)12/h1-2,4-5,12-13,17H,3,6-9H2,(H2,16,19). The van der Waals surface area contributed by atoms with Crippen LogP contribution in [0.5, 0.6) is 0 Å². The molecule has 5 heteroatoms. The molecule has 106 valence electrons. The third-order valence-corrected chi connectivity index (χ3v) is 4.26. The minimum atomic E-state index is -0.434. The molecule has 2 aliphatic heterocycles. The highest BCUT2D eigenvalue weighted by Crippen LogP contribution is 2.28. The van der Waals surface area contributed by atoms with Gasteiger partial charge in [0.2, 0.25) is 11.8 Å². The normalized spacial score (nSPS) is 25.3. The van der Waals surface area contributed by atoms with Gasteiger partial charge in [0.25, 0.3) is 0 Å². The molecule has 5 nitrogen and oxygen atoms in total. The van der Waals surface area contributed by atoms with Crippen LogP contribution in [0, 0.1) is 0 Å². The van der Waals surface area contributed by atoms with E-state index < -0.39 is 11.9 Å². The number of primary amides is 1. The summed E-state index contributed by atoms with van der Waals surface area (Å²) < 4.78 is 0. The number of carbonyl (C=O) groups is 2. The van der Waals surface area contributed by atoms with E-state index in [1.165, 1.54) is 0 Å². The van der Waals surface area contributed by atoms with Crippen LogP contribution >= 0.6 is 0 Å². The van der Waals surface area contributed by atoms with Gasteiger partial charge in [-0.25, -0.2) is 0 Å². The van der Waals surface area contributed by atoms with Crippen molar-refractivity contribution in [2.24, 2.45) is 5.73 Å². The molecule has 2 amide bonds. The molecule has 1 saturated heterocycles. The fraction of sp³-hybridized carbons (Fsp3) is 0.467. The van der Waals surface area contributed by atoms with E-state index in [1.54, 1.807) is 4.90 Å². The van der Waals surface area contributed by atoms with Crippen molar-refractivity contribution < 1.29 is 9.59 Å². The lowest BCUT2D eigenvalue weighted by Crippen LogP contribution is -2.48. The second-order valence-corrected chi connectivity index (χ2v) is 5.47. The van der Waals surface area contributed by atoms with Crippen LogP contribution in [0.3, 0.4) is 0 Å². The van der Waals surface area contributed by atoms with Gasteiger partial charge < -0.3 is 16.0 Å². The molecule has 0 bridgehead atoms. The number of likely N-dealkylation sites (tertiary alicyclic amines) is 1. The number of benzene rings is 1.